The van der Waals surface area contributed by atoms with E-state index >= 15 is 0 Å². The third-order valence-corrected chi connectivity index (χ3v) is 7.47. The molecule has 8 rings (SSSR count). The minimum Gasteiger partial charge on any atom is -0.456 e. The number of nitrogens with zero attached hydrogens (tertiary/aromatic N) is 4. The largest absolute Gasteiger partial charge is 0.456 e. The van der Waals surface area contributed by atoms with Crippen LogP contribution in [0.3, 0.4) is 0 Å². The lowest BCUT2D eigenvalue weighted by Crippen LogP contribution is -2.07. The van der Waals surface area contributed by atoms with Gasteiger partial charge in [-0.25, -0.2) is 9.97 Å². The molecular formula is C35H20N4O. The SMILES string of the molecule is N#Cc1c(-c2ccccc2)nc(-c2ccccc2)nc1-n1c2ccccc2c2c3c(ccc21)oc1ccccc13. The topological polar surface area (TPSA) is 67.6 Å². The highest BCUT2D eigenvalue weighted by atomic mass is 16.3. The van der Waals surface area contributed by atoms with Crippen molar-refractivity contribution in [3.63, 3.8) is 0 Å². The maximum Gasteiger partial charge on any atom is 0.162 e. The van der Waals surface area contributed by atoms with Crippen molar-refractivity contribution in [3.05, 3.63) is 127 Å². The minimum absolute atomic E-state index is 0.422. The maximum atomic E-state index is 10.6. The molecule has 0 saturated carbocycles. The average Bonchev–Trinajstić information content (AvgIpc) is 3.57. The lowest BCUT2D eigenvalue weighted by atomic mass is 10.1. The van der Waals surface area contributed by atoms with Crippen LogP contribution in [0.2, 0.25) is 0 Å². The molecule has 0 amide bonds. The zero-order valence-corrected chi connectivity index (χ0v) is 21.2. The van der Waals surface area contributed by atoms with Crippen molar-refractivity contribution in [3.8, 4) is 34.5 Å². The second-order valence-electron chi connectivity index (χ2n) is 9.72. The Morgan fingerprint density at radius 2 is 1.25 bits per heavy atom. The molecule has 5 nitrogen and oxygen atoms in total. The second kappa shape index (κ2) is 8.65. The van der Waals surface area contributed by atoms with Gasteiger partial charge >= 0.3 is 0 Å². The first-order valence-corrected chi connectivity index (χ1v) is 13.1. The predicted octanol–water partition coefficient (Wildman–Crippen LogP) is 8.68. The molecule has 0 saturated heterocycles. The zero-order chi connectivity index (χ0) is 26.6. The van der Waals surface area contributed by atoms with E-state index in [1.54, 1.807) is 0 Å². The Bertz CT molecular complexity index is 2270. The van der Waals surface area contributed by atoms with Crippen LogP contribution in [0.4, 0.5) is 0 Å². The maximum absolute atomic E-state index is 10.6. The van der Waals surface area contributed by atoms with Crippen LogP contribution < -0.4 is 0 Å². The standard InChI is InChI=1S/C35H20N4O/c36-21-26-33(22-11-3-1-4-12-22)37-34(23-13-5-2-6-14-23)38-35(26)39-27-17-9-7-15-24(27)31-28(39)19-20-30-32(31)25-16-8-10-18-29(25)40-30/h1-20H. The van der Waals surface area contributed by atoms with Crippen molar-refractivity contribution in [2.24, 2.45) is 0 Å². The van der Waals surface area contributed by atoms with Gasteiger partial charge in [0.2, 0.25) is 0 Å². The molecule has 40 heavy (non-hydrogen) atoms. The van der Waals surface area contributed by atoms with E-state index in [-0.39, 0.29) is 0 Å². The fraction of sp³-hybridized carbons (Fsp3) is 0. The molecule has 186 valence electrons. The Labute approximate surface area is 229 Å². The lowest BCUT2D eigenvalue weighted by molar-refractivity contribution is 0.669. The van der Waals surface area contributed by atoms with Gasteiger partial charge in [-0.15, -0.1) is 0 Å². The summed E-state index contributed by atoms with van der Waals surface area (Å²) in [5.74, 6) is 1.11. The van der Waals surface area contributed by atoms with Gasteiger partial charge in [-0.2, -0.15) is 5.26 Å². The lowest BCUT2D eigenvalue weighted by Gasteiger charge is -2.14. The highest BCUT2D eigenvalue weighted by Crippen LogP contribution is 2.42. The van der Waals surface area contributed by atoms with Crippen LogP contribution in [0.25, 0.3) is 72.2 Å². The number of benzene rings is 5. The number of para-hydroxylation sites is 2. The molecule has 0 unspecified atom stereocenters. The summed E-state index contributed by atoms with van der Waals surface area (Å²) in [4.78, 5) is 10.0. The van der Waals surface area contributed by atoms with E-state index in [0.717, 1.165) is 54.9 Å². The summed E-state index contributed by atoms with van der Waals surface area (Å²) in [5.41, 5.74) is 6.36. The van der Waals surface area contributed by atoms with E-state index in [1.807, 2.05) is 97.1 Å². The second-order valence-corrected chi connectivity index (χ2v) is 9.72. The number of hydrogen-bond donors (Lipinski definition) is 0. The van der Waals surface area contributed by atoms with Crippen LogP contribution in [0.15, 0.2) is 126 Å². The summed E-state index contributed by atoms with van der Waals surface area (Å²) in [6, 6.07) is 42.7. The highest BCUT2D eigenvalue weighted by Gasteiger charge is 2.24. The number of hydrogen-bond acceptors (Lipinski definition) is 4. The molecule has 0 fully saturated rings. The first-order valence-electron chi connectivity index (χ1n) is 13.1. The van der Waals surface area contributed by atoms with E-state index in [0.29, 0.717) is 22.9 Å². The molecule has 0 atom stereocenters. The van der Waals surface area contributed by atoms with Gasteiger partial charge in [0.25, 0.3) is 0 Å². The van der Waals surface area contributed by atoms with Crippen LogP contribution in [-0.2, 0) is 0 Å². The molecule has 0 spiro atoms. The molecule has 0 aliphatic carbocycles. The quantitative estimate of drug-likeness (QED) is 0.237. The first kappa shape index (κ1) is 22.3. The van der Waals surface area contributed by atoms with E-state index in [2.05, 4.69) is 34.9 Å². The van der Waals surface area contributed by atoms with Gasteiger partial charge in [0.15, 0.2) is 11.6 Å². The van der Waals surface area contributed by atoms with Gasteiger partial charge in [-0.3, -0.25) is 4.57 Å². The Hall–Kier alpha value is -5.73. The summed E-state index contributed by atoms with van der Waals surface area (Å²) in [6.45, 7) is 0. The molecule has 3 aromatic heterocycles. The minimum atomic E-state index is 0.422. The molecule has 0 aliphatic rings. The molecule has 3 heterocycles. The summed E-state index contributed by atoms with van der Waals surface area (Å²) < 4.78 is 8.34. The number of nitriles is 1. The van der Waals surface area contributed by atoms with E-state index < -0.39 is 0 Å². The molecule has 5 aromatic carbocycles. The van der Waals surface area contributed by atoms with Crippen molar-refractivity contribution >= 4 is 43.7 Å². The molecule has 0 aliphatic heterocycles. The third-order valence-electron chi connectivity index (χ3n) is 7.47. The van der Waals surface area contributed by atoms with Gasteiger partial charge in [-0.1, -0.05) is 97.1 Å². The molecular weight excluding hydrogens is 492 g/mol. The van der Waals surface area contributed by atoms with Crippen LogP contribution in [0.1, 0.15) is 5.56 Å². The number of aromatic nitrogens is 3. The third kappa shape index (κ3) is 3.20. The van der Waals surface area contributed by atoms with E-state index in [4.69, 9.17) is 14.4 Å². The first-order chi connectivity index (χ1) is 19.8. The molecule has 0 bridgehead atoms. The van der Waals surface area contributed by atoms with Crippen molar-refractivity contribution in [2.45, 2.75) is 0 Å². The van der Waals surface area contributed by atoms with Crippen LogP contribution in [-0.4, -0.2) is 14.5 Å². The number of rotatable bonds is 3. The number of fused-ring (bicyclic) bond motifs is 7. The fourth-order valence-electron chi connectivity index (χ4n) is 5.74. The van der Waals surface area contributed by atoms with Crippen molar-refractivity contribution < 1.29 is 4.42 Å². The normalized spacial score (nSPS) is 11.5. The number of furan rings is 1. The van der Waals surface area contributed by atoms with Crippen LogP contribution >= 0.6 is 0 Å². The van der Waals surface area contributed by atoms with Crippen molar-refractivity contribution in [1.82, 2.24) is 14.5 Å². The molecule has 5 heteroatoms. The van der Waals surface area contributed by atoms with Gasteiger partial charge in [-0.05, 0) is 24.3 Å². The monoisotopic (exact) mass is 512 g/mol. The Morgan fingerprint density at radius 1 is 0.575 bits per heavy atom. The highest BCUT2D eigenvalue weighted by molar-refractivity contribution is 6.27. The average molecular weight is 513 g/mol. The Kier molecular flexibility index (Phi) is 4.82. The molecule has 0 radical (unpaired) electrons. The van der Waals surface area contributed by atoms with Gasteiger partial charge in [0, 0.05) is 32.7 Å². The smallest absolute Gasteiger partial charge is 0.162 e. The van der Waals surface area contributed by atoms with Gasteiger partial charge in [0.05, 0.1) is 16.7 Å². The van der Waals surface area contributed by atoms with Gasteiger partial charge < -0.3 is 4.42 Å². The summed E-state index contributed by atoms with van der Waals surface area (Å²) in [5, 5.41) is 14.8. The van der Waals surface area contributed by atoms with Crippen molar-refractivity contribution in [2.75, 3.05) is 0 Å². The van der Waals surface area contributed by atoms with Crippen molar-refractivity contribution in [1.29, 1.82) is 5.26 Å². The molecule has 0 N–H and O–H groups in total. The summed E-state index contributed by atoms with van der Waals surface area (Å²) in [6.07, 6.45) is 0. The van der Waals surface area contributed by atoms with Crippen LogP contribution in [0.5, 0.6) is 0 Å². The fourth-order valence-corrected chi connectivity index (χ4v) is 5.74. The predicted molar refractivity (Wildman–Crippen MR) is 159 cm³/mol. The van der Waals surface area contributed by atoms with E-state index in [1.165, 1.54) is 0 Å². The Balaban J connectivity index is 1.56. The zero-order valence-electron chi connectivity index (χ0n) is 21.2. The molecule has 8 aromatic rings. The Morgan fingerprint density at radius 3 is 2.02 bits per heavy atom. The van der Waals surface area contributed by atoms with Crippen LogP contribution in [0, 0.1) is 11.3 Å². The van der Waals surface area contributed by atoms with E-state index in [9.17, 15) is 5.26 Å². The van der Waals surface area contributed by atoms with Gasteiger partial charge in [0.1, 0.15) is 22.8 Å². The summed E-state index contributed by atoms with van der Waals surface area (Å²) >= 11 is 0. The summed E-state index contributed by atoms with van der Waals surface area (Å²) in [7, 11) is 0.